The van der Waals surface area contributed by atoms with E-state index in [1.54, 1.807) is 6.07 Å². The minimum Gasteiger partial charge on any atom is -0.310 e. The normalized spacial score (nSPS) is 12.4. The Morgan fingerprint density at radius 2 is 1.90 bits per heavy atom. The van der Waals surface area contributed by atoms with Crippen LogP contribution in [0.1, 0.15) is 18.1 Å². The summed E-state index contributed by atoms with van der Waals surface area (Å²) in [4.78, 5) is 0. The zero-order chi connectivity index (χ0) is 14.5. The Morgan fingerprint density at radius 1 is 1.20 bits per heavy atom. The topological polar surface area (TPSA) is 12.0 Å². The molecule has 1 unspecified atom stereocenters. The van der Waals surface area contributed by atoms with Crippen LogP contribution in [0, 0.1) is 5.82 Å². The molecule has 0 aliphatic heterocycles. The van der Waals surface area contributed by atoms with Crippen molar-refractivity contribution in [2.45, 2.75) is 25.9 Å². The van der Waals surface area contributed by atoms with E-state index in [1.807, 2.05) is 30.3 Å². The van der Waals surface area contributed by atoms with Crippen LogP contribution < -0.4 is 5.32 Å². The van der Waals surface area contributed by atoms with Crippen LogP contribution >= 0.6 is 27.5 Å². The number of hydrogen-bond acceptors (Lipinski definition) is 1. The molecule has 0 heterocycles. The average molecular weight is 357 g/mol. The second kappa shape index (κ2) is 7.21. The summed E-state index contributed by atoms with van der Waals surface area (Å²) in [5, 5.41) is 4.08. The van der Waals surface area contributed by atoms with Gasteiger partial charge in [-0.05, 0) is 43.2 Å². The molecule has 106 valence electrons. The lowest BCUT2D eigenvalue weighted by Crippen LogP contribution is -2.27. The van der Waals surface area contributed by atoms with E-state index >= 15 is 0 Å². The largest absolute Gasteiger partial charge is 0.310 e. The van der Waals surface area contributed by atoms with Crippen molar-refractivity contribution < 1.29 is 4.39 Å². The smallest absolute Gasteiger partial charge is 0.128 e. The molecule has 2 rings (SSSR count). The van der Waals surface area contributed by atoms with Gasteiger partial charge in [0.25, 0.3) is 0 Å². The summed E-state index contributed by atoms with van der Waals surface area (Å²) >= 11 is 9.11. The summed E-state index contributed by atoms with van der Waals surface area (Å²) in [6, 6.07) is 13.2. The molecular formula is C16H16BrClFN. The van der Waals surface area contributed by atoms with Gasteiger partial charge in [-0.3, -0.25) is 0 Å². The molecule has 0 saturated carbocycles. The highest BCUT2D eigenvalue weighted by molar-refractivity contribution is 9.10. The maximum Gasteiger partial charge on any atom is 0.128 e. The van der Waals surface area contributed by atoms with Crippen LogP contribution in [0.3, 0.4) is 0 Å². The molecule has 0 spiro atoms. The summed E-state index contributed by atoms with van der Waals surface area (Å²) in [5.74, 6) is -0.189. The predicted octanol–water partition coefficient (Wildman–Crippen LogP) is 4.96. The summed E-state index contributed by atoms with van der Waals surface area (Å²) < 4.78 is 14.4. The molecule has 1 atom stereocenters. The summed E-state index contributed by atoms with van der Waals surface area (Å²) in [5.41, 5.74) is 1.89. The van der Waals surface area contributed by atoms with Gasteiger partial charge in [-0.1, -0.05) is 45.7 Å². The predicted molar refractivity (Wildman–Crippen MR) is 85.6 cm³/mol. The van der Waals surface area contributed by atoms with Gasteiger partial charge in [-0.2, -0.15) is 0 Å². The van der Waals surface area contributed by atoms with E-state index in [4.69, 9.17) is 11.6 Å². The summed E-state index contributed by atoms with van der Waals surface area (Å²) in [6.07, 6.45) is 0.884. The van der Waals surface area contributed by atoms with Crippen LogP contribution in [0.15, 0.2) is 46.9 Å². The fraction of sp³-hybridized carbons (Fsp3) is 0.250. The number of halogens is 3. The first kappa shape index (κ1) is 15.5. The van der Waals surface area contributed by atoms with Crippen molar-refractivity contribution in [1.29, 1.82) is 0 Å². The van der Waals surface area contributed by atoms with Crippen LogP contribution in [-0.2, 0) is 13.0 Å². The molecular weight excluding hydrogens is 341 g/mol. The maximum atomic E-state index is 13.7. The lowest BCUT2D eigenvalue weighted by Gasteiger charge is -2.14. The molecule has 0 radical (unpaired) electrons. The number of benzene rings is 2. The molecule has 0 aromatic heterocycles. The highest BCUT2D eigenvalue weighted by Crippen LogP contribution is 2.15. The van der Waals surface area contributed by atoms with Gasteiger partial charge in [0.2, 0.25) is 0 Å². The minimum absolute atomic E-state index is 0.189. The monoisotopic (exact) mass is 355 g/mol. The Kier molecular flexibility index (Phi) is 5.58. The van der Waals surface area contributed by atoms with Crippen LogP contribution in [0.2, 0.25) is 5.02 Å². The van der Waals surface area contributed by atoms with Crippen molar-refractivity contribution in [1.82, 2.24) is 5.32 Å². The summed E-state index contributed by atoms with van der Waals surface area (Å²) in [6.45, 7) is 2.61. The Labute approximate surface area is 132 Å². The van der Waals surface area contributed by atoms with Gasteiger partial charge in [0, 0.05) is 27.6 Å². The third-order valence-corrected chi connectivity index (χ3v) is 3.86. The highest BCUT2D eigenvalue weighted by atomic mass is 79.9. The zero-order valence-corrected chi connectivity index (χ0v) is 13.5. The molecule has 0 bridgehead atoms. The van der Waals surface area contributed by atoms with E-state index in [0.717, 1.165) is 15.9 Å². The average Bonchev–Trinajstić information content (AvgIpc) is 2.40. The number of hydrogen-bond donors (Lipinski definition) is 1. The van der Waals surface area contributed by atoms with Crippen molar-refractivity contribution in [2.24, 2.45) is 0 Å². The zero-order valence-electron chi connectivity index (χ0n) is 11.2. The molecule has 0 aliphatic carbocycles. The van der Waals surface area contributed by atoms with E-state index in [-0.39, 0.29) is 11.9 Å². The molecule has 20 heavy (non-hydrogen) atoms. The lowest BCUT2D eigenvalue weighted by atomic mass is 10.1. The van der Waals surface area contributed by atoms with Crippen molar-refractivity contribution in [2.75, 3.05) is 0 Å². The molecule has 0 fully saturated rings. The van der Waals surface area contributed by atoms with Gasteiger partial charge < -0.3 is 5.32 Å². The van der Waals surface area contributed by atoms with Crippen molar-refractivity contribution in [3.8, 4) is 0 Å². The minimum atomic E-state index is -0.189. The fourth-order valence-corrected chi connectivity index (χ4v) is 2.45. The Morgan fingerprint density at radius 3 is 2.55 bits per heavy atom. The molecule has 0 saturated heterocycles. The standard InChI is InChI=1S/C16H16BrClFN/c1-11(8-12-2-6-15(18)7-3-12)20-10-13-4-5-14(17)9-16(13)19/h2-7,9,11,20H,8,10H2,1H3. The van der Waals surface area contributed by atoms with Gasteiger partial charge in [-0.25, -0.2) is 4.39 Å². The molecule has 2 aromatic rings. The van der Waals surface area contributed by atoms with Gasteiger partial charge in [-0.15, -0.1) is 0 Å². The second-order valence-corrected chi connectivity index (χ2v) is 6.20. The lowest BCUT2D eigenvalue weighted by molar-refractivity contribution is 0.525. The molecule has 0 aliphatic rings. The van der Waals surface area contributed by atoms with Crippen molar-refractivity contribution >= 4 is 27.5 Å². The first-order valence-electron chi connectivity index (χ1n) is 6.46. The Bertz CT molecular complexity index is 571. The molecule has 1 N–H and O–H groups in total. The number of nitrogens with one attached hydrogen (secondary N) is 1. The van der Waals surface area contributed by atoms with E-state index in [0.29, 0.717) is 12.1 Å². The molecule has 0 amide bonds. The van der Waals surface area contributed by atoms with Crippen molar-refractivity contribution in [3.63, 3.8) is 0 Å². The van der Waals surface area contributed by atoms with Gasteiger partial charge >= 0.3 is 0 Å². The second-order valence-electron chi connectivity index (χ2n) is 4.85. The molecule has 2 aromatic carbocycles. The molecule has 4 heteroatoms. The summed E-state index contributed by atoms with van der Waals surface area (Å²) in [7, 11) is 0. The quantitative estimate of drug-likeness (QED) is 0.798. The fourth-order valence-electron chi connectivity index (χ4n) is 2.00. The Balaban J connectivity index is 1.88. The number of rotatable bonds is 5. The van der Waals surface area contributed by atoms with Crippen LogP contribution in [-0.4, -0.2) is 6.04 Å². The van der Waals surface area contributed by atoms with E-state index in [2.05, 4.69) is 28.2 Å². The van der Waals surface area contributed by atoms with E-state index in [9.17, 15) is 4.39 Å². The SMILES string of the molecule is CC(Cc1ccc(Cl)cc1)NCc1ccc(Br)cc1F. The first-order chi connectivity index (χ1) is 9.54. The molecule has 1 nitrogen and oxygen atoms in total. The highest BCUT2D eigenvalue weighted by Gasteiger charge is 2.06. The van der Waals surface area contributed by atoms with Crippen LogP contribution in [0.4, 0.5) is 4.39 Å². The van der Waals surface area contributed by atoms with Gasteiger partial charge in [0.15, 0.2) is 0 Å². The third-order valence-electron chi connectivity index (χ3n) is 3.11. The van der Waals surface area contributed by atoms with Crippen molar-refractivity contribution in [3.05, 3.63) is 68.9 Å². The Hall–Kier alpha value is -0.900. The third kappa shape index (κ3) is 4.58. The van der Waals surface area contributed by atoms with Gasteiger partial charge in [0.1, 0.15) is 5.82 Å². The van der Waals surface area contributed by atoms with Crippen LogP contribution in [0.25, 0.3) is 0 Å². The van der Waals surface area contributed by atoms with E-state index in [1.165, 1.54) is 11.6 Å². The first-order valence-corrected chi connectivity index (χ1v) is 7.63. The van der Waals surface area contributed by atoms with E-state index < -0.39 is 0 Å². The maximum absolute atomic E-state index is 13.7. The van der Waals surface area contributed by atoms with Crippen LogP contribution in [0.5, 0.6) is 0 Å². The van der Waals surface area contributed by atoms with Gasteiger partial charge in [0.05, 0.1) is 0 Å².